The third kappa shape index (κ3) is 1.47. The fourth-order valence-corrected chi connectivity index (χ4v) is 1.12. The molecular formula is C9H16O. The standard InChI is InChI=1S/C9H16O/c1-5-9(6-2,7-10)8(3)4/h7H,3,5-6H2,1-2,4H3. The Hall–Kier alpha value is -0.590. The molecule has 0 aromatic carbocycles. The first kappa shape index (κ1) is 9.41. The molecule has 0 rings (SSSR count). The predicted molar refractivity (Wildman–Crippen MR) is 43.9 cm³/mol. The maximum atomic E-state index is 10.7. The number of hydrogen-bond donors (Lipinski definition) is 0. The largest absolute Gasteiger partial charge is 0.302 e. The number of carbonyl (C=O) groups excluding carboxylic acids is 1. The van der Waals surface area contributed by atoms with E-state index in [9.17, 15) is 4.79 Å². The molecule has 0 radical (unpaired) electrons. The Labute approximate surface area is 63.1 Å². The van der Waals surface area contributed by atoms with Crippen molar-refractivity contribution in [1.82, 2.24) is 0 Å². The second-order valence-electron chi connectivity index (χ2n) is 2.76. The van der Waals surface area contributed by atoms with E-state index in [1.165, 1.54) is 0 Å². The van der Waals surface area contributed by atoms with Gasteiger partial charge in [-0.15, -0.1) is 0 Å². The van der Waals surface area contributed by atoms with Crippen LogP contribution in [0, 0.1) is 5.41 Å². The van der Waals surface area contributed by atoms with Crippen molar-refractivity contribution in [2.75, 3.05) is 0 Å². The van der Waals surface area contributed by atoms with Gasteiger partial charge in [0, 0.05) is 5.41 Å². The minimum Gasteiger partial charge on any atom is -0.302 e. The summed E-state index contributed by atoms with van der Waals surface area (Å²) < 4.78 is 0. The summed E-state index contributed by atoms with van der Waals surface area (Å²) in [6.45, 7) is 9.77. The Balaban J connectivity index is 4.46. The summed E-state index contributed by atoms with van der Waals surface area (Å²) >= 11 is 0. The first-order valence-electron chi connectivity index (χ1n) is 3.75. The van der Waals surface area contributed by atoms with Gasteiger partial charge in [0.15, 0.2) is 0 Å². The molecule has 10 heavy (non-hydrogen) atoms. The maximum Gasteiger partial charge on any atom is 0.130 e. The van der Waals surface area contributed by atoms with Crippen LogP contribution in [0.25, 0.3) is 0 Å². The van der Waals surface area contributed by atoms with Crippen LogP contribution in [0.2, 0.25) is 0 Å². The molecule has 0 aromatic heterocycles. The Bertz CT molecular complexity index is 132. The summed E-state index contributed by atoms with van der Waals surface area (Å²) in [5.41, 5.74) is 0.729. The summed E-state index contributed by atoms with van der Waals surface area (Å²) in [7, 11) is 0. The maximum absolute atomic E-state index is 10.7. The second kappa shape index (κ2) is 3.55. The van der Waals surface area contributed by atoms with Gasteiger partial charge in [-0.2, -0.15) is 0 Å². The van der Waals surface area contributed by atoms with Gasteiger partial charge in [-0.3, -0.25) is 0 Å². The molecule has 0 amide bonds. The molecule has 0 aliphatic carbocycles. The SMILES string of the molecule is C=C(C)C(C=O)(CC)CC. The van der Waals surface area contributed by atoms with Crippen LogP contribution < -0.4 is 0 Å². The average Bonchev–Trinajstić information content (AvgIpc) is 1.92. The van der Waals surface area contributed by atoms with Crippen LogP contribution in [-0.2, 0) is 4.79 Å². The normalized spacial score (nSPS) is 11.1. The lowest BCUT2D eigenvalue weighted by Gasteiger charge is -2.24. The van der Waals surface area contributed by atoms with Crippen molar-refractivity contribution >= 4 is 6.29 Å². The number of allylic oxidation sites excluding steroid dienone is 1. The van der Waals surface area contributed by atoms with Gasteiger partial charge in [-0.25, -0.2) is 0 Å². The molecule has 0 atom stereocenters. The summed E-state index contributed by atoms with van der Waals surface area (Å²) in [6, 6.07) is 0. The summed E-state index contributed by atoms with van der Waals surface area (Å²) in [4.78, 5) is 10.7. The van der Waals surface area contributed by atoms with Crippen LogP contribution in [0.5, 0.6) is 0 Å². The molecule has 0 aliphatic heterocycles. The quantitative estimate of drug-likeness (QED) is 0.433. The van der Waals surface area contributed by atoms with Crippen molar-refractivity contribution in [3.8, 4) is 0 Å². The lowest BCUT2D eigenvalue weighted by molar-refractivity contribution is -0.114. The molecule has 0 saturated heterocycles. The smallest absolute Gasteiger partial charge is 0.130 e. The molecule has 0 saturated carbocycles. The number of hydrogen-bond acceptors (Lipinski definition) is 1. The fraction of sp³-hybridized carbons (Fsp3) is 0.667. The summed E-state index contributed by atoms with van der Waals surface area (Å²) in [5.74, 6) is 0. The number of aldehydes is 1. The molecule has 0 fully saturated rings. The number of rotatable bonds is 4. The minimum atomic E-state index is -0.250. The Kier molecular flexibility index (Phi) is 3.34. The van der Waals surface area contributed by atoms with Gasteiger partial charge in [0.05, 0.1) is 0 Å². The van der Waals surface area contributed by atoms with E-state index in [1.807, 2.05) is 20.8 Å². The second-order valence-corrected chi connectivity index (χ2v) is 2.76. The van der Waals surface area contributed by atoms with E-state index in [1.54, 1.807) is 0 Å². The monoisotopic (exact) mass is 140 g/mol. The molecule has 1 nitrogen and oxygen atoms in total. The van der Waals surface area contributed by atoms with E-state index in [4.69, 9.17) is 0 Å². The third-order valence-corrected chi connectivity index (χ3v) is 2.34. The lowest BCUT2D eigenvalue weighted by Crippen LogP contribution is -2.21. The van der Waals surface area contributed by atoms with Gasteiger partial charge in [0.1, 0.15) is 6.29 Å². The van der Waals surface area contributed by atoms with Gasteiger partial charge < -0.3 is 4.79 Å². The van der Waals surface area contributed by atoms with E-state index in [-0.39, 0.29) is 5.41 Å². The van der Waals surface area contributed by atoms with E-state index < -0.39 is 0 Å². The fourth-order valence-electron chi connectivity index (χ4n) is 1.12. The zero-order valence-corrected chi connectivity index (χ0v) is 7.11. The van der Waals surface area contributed by atoms with Gasteiger partial charge >= 0.3 is 0 Å². The highest BCUT2D eigenvalue weighted by Crippen LogP contribution is 2.30. The average molecular weight is 140 g/mol. The van der Waals surface area contributed by atoms with E-state index >= 15 is 0 Å². The molecule has 0 N–H and O–H groups in total. The van der Waals surface area contributed by atoms with Crippen molar-refractivity contribution in [2.24, 2.45) is 5.41 Å². The highest BCUT2D eigenvalue weighted by molar-refractivity contribution is 5.64. The number of carbonyl (C=O) groups is 1. The van der Waals surface area contributed by atoms with E-state index in [0.29, 0.717) is 0 Å². The van der Waals surface area contributed by atoms with Crippen molar-refractivity contribution in [3.63, 3.8) is 0 Å². The Morgan fingerprint density at radius 3 is 1.90 bits per heavy atom. The third-order valence-electron chi connectivity index (χ3n) is 2.34. The lowest BCUT2D eigenvalue weighted by atomic mass is 9.78. The van der Waals surface area contributed by atoms with Crippen LogP contribution >= 0.6 is 0 Å². The van der Waals surface area contributed by atoms with Crippen molar-refractivity contribution in [1.29, 1.82) is 0 Å². The Morgan fingerprint density at radius 1 is 1.50 bits per heavy atom. The van der Waals surface area contributed by atoms with E-state index in [0.717, 1.165) is 24.7 Å². The predicted octanol–water partition coefficient (Wildman–Crippen LogP) is 2.57. The molecule has 0 spiro atoms. The zero-order valence-electron chi connectivity index (χ0n) is 7.11. The van der Waals surface area contributed by atoms with Crippen LogP contribution in [0.1, 0.15) is 33.6 Å². The van der Waals surface area contributed by atoms with Crippen LogP contribution in [0.3, 0.4) is 0 Å². The molecule has 0 unspecified atom stereocenters. The first-order valence-corrected chi connectivity index (χ1v) is 3.75. The van der Waals surface area contributed by atoms with Crippen LogP contribution in [0.15, 0.2) is 12.2 Å². The Morgan fingerprint density at radius 2 is 1.90 bits per heavy atom. The molecule has 1 heteroatoms. The molecule has 58 valence electrons. The summed E-state index contributed by atoms with van der Waals surface area (Å²) in [5, 5.41) is 0. The van der Waals surface area contributed by atoms with Crippen molar-refractivity contribution < 1.29 is 4.79 Å². The van der Waals surface area contributed by atoms with Crippen LogP contribution in [0.4, 0.5) is 0 Å². The van der Waals surface area contributed by atoms with Crippen molar-refractivity contribution in [3.05, 3.63) is 12.2 Å². The van der Waals surface area contributed by atoms with Gasteiger partial charge in [0.25, 0.3) is 0 Å². The topological polar surface area (TPSA) is 17.1 Å². The molecular weight excluding hydrogens is 124 g/mol. The van der Waals surface area contributed by atoms with Gasteiger partial charge in [-0.1, -0.05) is 26.0 Å². The highest BCUT2D eigenvalue weighted by Gasteiger charge is 2.25. The van der Waals surface area contributed by atoms with Crippen molar-refractivity contribution in [2.45, 2.75) is 33.6 Å². The zero-order chi connectivity index (χ0) is 8.20. The molecule has 0 heterocycles. The summed E-state index contributed by atoms with van der Waals surface area (Å²) in [6.07, 6.45) is 2.75. The minimum absolute atomic E-state index is 0.250. The van der Waals surface area contributed by atoms with E-state index in [2.05, 4.69) is 6.58 Å². The first-order chi connectivity index (χ1) is 4.63. The molecule has 0 aliphatic rings. The van der Waals surface area contributed by atoms with Gasteiger partial charge in [-0.05, 0) is 19.8 Å². The van der Waals surface area contributed by atoms with Gasteiger partial charge in [0.2, 0.25) is 0 Å². The highest BCUT2D eigenvalue weighted by atomic mass is 16.1. The molecule has 0 bridgehead atoms. The van der Waals surface area contributed by atoms with Crippen LogP contribution in [-0.4, -0.2) is 6.29 Å². The molecule has 0 aromatic rings.